The predicted octanol–water partition coefficient (Wildman–Crippen LogP) is 1.95. The van der Waals surface area contributed by atoms with E-state index in [0.717, 1.165) is 0 Å². The Balaban J connectivity index is 2.03. The van der Waals surface area contributed by atoms with Crippen molar-refractivity contribution in [1.29, 1.82) is 0 Å². The maximum absolute atomic E-state index is 12.6. The first-order valence-electron chi connectivity index (χ1n) is 8.56. The van der Waals surface area contributed by atoms with E-state index in [1.54, 1.807) is 6.07 Å². The zero-order chi connectivity index (χ0) is 20.1. The van der Waals surface area contributed by atoms with Crippen molar-refractivity contribution in [1.82, 2.24) is 9.62 Å². The zero-order valence-electron chi connectivity index (χ0n) is 15.2. The first-order chi connectivity index (χ1) is 12.7. The van der Waals surface area contributed by atoms with Gasteiger partial charge in [-0.25, -0.2) is 12.7 Å². The van der Waals surface area contributed by atoms with E-state index in [1.165, 1.54) is 18.2 Å². The van der Waals surface area contributed by atoms with Crippen LogP contribution >= 0.6 is 7.60 Å². The molecule has 2 amide bonds. The number of carbonyl (C=O) groups is 2. The molecule has 0 atom stereocenters. The second-order valence-electron chi connectivity index (χ2n) is 5.85. The van der Waals surface area contributed by atoms with Gasteiger partial charge in [0.15, 0.2) is 0 Å². The van der Waals surface area contributed by atoms with Gasteiger partial charge in [-0.05, 0) is 25.0 Å². The van der Waals surface area contributed by atoms with Gasteiger partial charge in [0.05, 0.1) is 18.8 Å². The van der Waals surface area contributed by atoms with Crippen LogP contribution in [0.25, 0.3) is 0 Å². The maximum atomic E-state index is 12.6. The van der Waals surface area contributed by atoms with E-state index in [9.17, 15) is 22.6 Å². The van der Waals surface area contributed by atoms with Crippen molar-refractivity contribution < 1.29 is 31.6 Å². The lowest BCUT2D eigenvalue weighted by Gasteiger charge is -2.19. The monoisotopic (exact) mass is 418 g/mol. The van der Waals surface area contributed by atoms with Crippen LogP contribution in [0.2, 0.25) is 0 Å². The highest BCUT2D eigenvalue weighted by atomic mass is 32.2. The molecule has 0 unspecified atom stereocenters. The second kappa shape index (κ2) is 8.97. The van der Waals surface area contributed by atoms with Crippen LogP contribution in [0.4, 0.5) is 0 Å². The molecule has 1 aliphatic rings. The molecule has 150 valence electrons. The lowest BCUT2D eigenvalue weighted by atomic mass is 10.2. The van der Waals surface area contributed by atoms with Gasteiger partial charge in [0, 0.05) is 0 Å². The number of rotatable bonds is 10. The summed E-state index contributed by atoms with van der Waals surface area (Å²) in [5, 5.41) is 2.34. The minimum atomic E-state index is -4.08. The van der Waals surface area contributed by atoms with Gasteiger partial charge >= 0.3 is 7.60 Å². The Kier molecular flexibility index (Phi) is 7.16. The van der Waals surface area contributed by atoms with Crippen molar-refractivity contribution >= 4 is 29.4 Å². The minimum absolute atomic E-state index is 0.0218. The summed E-state index contributed by atoms with van der Waals surface area (Å²) in [4.78, 5) is 24.3. The molecule has 0 radical (unpaired) electrons. The molecule has 1 N–H and O–H groups in total. The van der Waals surface area contributed by atoms with Gasteiger partial charge in [-0.15, -0.1) is 0 Å². The molecule has 0 saturated carbocycles. The molecule has 2 rings (SSSR count). The number of nitrogens with one attached hydrogen (secondary N) is 1. The number of hydrogen-bond donors (Lipinski definition) is 1. The summed E-state index contributed by atoms with van der Waals surface area (Å²) in [6, 6.07) is 5.74. The van der Waals surface area contributed by atoms with Gasteiger partial charge in [0.25, 0.3) is 15.9 Å². The van der Waals surface area contributed by atoms with Crippen LogP contribution in [0.3, 0.4) is 0 Å². The number of nitrogens with zero attached hydrogens (tertiary/aromatic N) is 1. The van der Waals surface area contributed by atoms with E-state index < -0.39 is 42.3 Å². The molecule has 0 aliphatic carbocycles. The first-order valence-corrected chi connectivity index (χ1v) is 11.7. The maximum Gasteiger partial charge on any atom is 0.349 e. The van der Waals surface area contributed by atoms with E-state index in [0.29, 0.717) is 17.1 Å². The SMILES string of the molecule is CCCOP(=O)(CNC(=O)CN1C(=O)c2ccccc2S1(=O)=O)OCCC. The quantitative estimate of drug-likeness (QED) is 0.577. The third kappa shape index (κ3) is 4.95. The van der Waals surface area contributed by atoms with E-state index in [4.69, 9.17) is 9.05 Å². The summed E-state index contributed by atoms with van der Waals surface area (Å²) in [5.74, 6) is -1.55. The van der Waals surface area contributed by atoms with Gasteiger partial charge in [0.2, 0.25) is 5.91 Å². The van der Waals surface area contributed by atoms with E-state index in [1.807, 2.05) is 13.8 Å². The molecule has 1 aromatic carbocycles. The lowest BCUT2D eigenvalue weighted by molar-refractivity contribution is -0.120. The summed E-state index contributed by atoms with van der Waals surface area (Å²) in [7, 11) is -7.62. The molecule has 0 aromatic heterocycles. The smallest absolute Gasteiger partial charge is 0.343 e. The van der Waals surface area contributed by atoms with Crippen molar-refractivity contribution in [3.8, 4) is 0 Å². The number of carbonyl (C=O) groups excluding carboxylic acids is 2. The van der Waals surface area contributed by atoms with Crippen molar-refractivity contribution in [3.05, 3.63) is 29.8 Å². The normalized spacial score (nSPS) is 15.6. The van der Waals surface area contributed by atoms with E-state index in [2.05, 4.69) is 5.32 Å². The minimum Gasteiger partial charge on any atom is -0.343 e. The number of sulfonamides is 1. The van der Waals surface area contributed by atoms with Crippen LogP contribution in [-0.4, -0.2) is 50.6 Å². The summed E-state index contributed by atoms with van der Waals surface area (Å²) < 4.78 is 48.4. The molecule has 0 spiro atoms. The zero-order valence-corrected chi connectivity index (χ0v) is 16.9. The van der Waals surface area contributed by atoms with Crippen LogP contribution in [0.1, 0.15) is 37.0 Å². The molecular weight excluding hydrogens is 395 g/mol. The van der Waals surface area contributed by atoms with E-state index >= 15 is 0 Å². The average Bonchev–Trinajstić information content (AvgIpc) is 2.84. The van der Waals surface area contributed by atoms with Crippen molar-refractivity contribution in [2.24, 2.45) is 0 Å². The molecule has 1 heterocycles. The van der Waals surface area contributed by atoms with Crippen LogP contribution in [0, 0.1) is 0 Å². The summed E-state index contributed by atoms with van der Waals surface area (Å²) >= 11 is 0. The molecule has 0 saturated heterocycles. The van der Waals surface area contributed by atoms with Crippen molar-refractivity contribution in [2.75, 3.05) is 26.0 Å². The number of amides is 2. The molecule has 11 heteroatoms. The van der Waals surface area contributed by atoms with Crippen LogP contribution < -0.4 is 5.32 Å². The largest absolute Gasteiger partial charge is 0.349 e. The Morgan fingerprint density at radius 2 is 1.74 bits per heavy atom. The number of benzene rings is 1. The van der Waals surface area contributed by atoms with Gasteiger partial charge in [-0.1, -0.05) is 26.0 Å². The van der Waals surface area contributed by atoms with Crippen molar-refractivity contribution in [3.63, 3.8) is 0 Å². The Labute approximate surface area is 158 Å². The lowest BCUT2D eigenvalue weighted by Crippen LogP contribution is -2.40. The highest BCUT2D eigenvalue weighted by molar-refractivity contribution is 7.90. The standard InChI is InChI=1S/C16H23N2O7PS/c1-3-9-24-26(21,25-10-4-2)12-17-15(19)11-18-16(20)13-7-5-6-8-14(13)27(18,22)23/h5-8H,3-4,9-12H2,1-2H3,(H,17,19). The Morgan fingerprint density at radius 1 is 1.15 bits per heavy atom. The summed E-state index contributed by atoms with van der Waals surface area (Å²) in [5.41, 5.74) is 0.0218. The summed E-state index contributed by atoms with van der Waals surface area (Å²) in [6.07, 6.45) is 0.833. The molecule has 9 nitrogen and oxygen atoms in total. The second-order valence-corrected chi connectivity index (χ2v) is 9.73. The van der Waals surface area contributed by atoms with Gasteiger partial charge in [-0.2, -0.15) is 0 Å². The molecule has 0 fully saturated rings. The van der Waals surface area contributed by atoms with Gasteiger partial charge in [0.1, 0.15) is 17.7 Å². The fraction of sp³-hybridized carbons (Fsp3) is 0.500. The third-order valence-corrected chi connectivity index (χ3v) is 7.14. The van der Waals surface area contributed by atoms with E-state index in [-0.39, 0.29) is 23.7 Å². The number of fused-ring (bicyclic) bond motifs is 1. The highest BCUT2D eigenvalue weighted by Crippen LogP contribution is 2.47. The first kappa shape index (κ1) is 21.6. The van der Waals surface area contributed by atoms with Crippen LogP contribution in [0.15, 0.2) is 29.2 Å². The molecule has 1 aromatic rings. The molecule has 1 aliphatic heterocycles. The molecule has 0 bridgehead atoms. The third-order valence-electron chi connectivity index (χ3n) is 3.65. The highest BCUT2D eigenvalue weighted by Gasteiger charge is 2.42. The predicted molar refractivity (Wildman–Crippen MR) is 97.8 cm³/mol. The molecule has 27 heavy (non-hydrogen) atoms. The molecular formula is C16H23N2O7PS. The van der Waals surface area contributed by atoms with Gasteiger partial charge < -0.3 is 14.4 Å². The van der Waals surface area contributed by atoms with Crippen LogP contribution in [0.5, 0.6) is 0 Å². The Morgan fingerprint density at radius 3 is 2.30 bits per heavy atom. The average molecular weight is 418 g/mol. The Hall–Kier alpha value is -1.74. The topological polar surface area (TPSA) is 119 Å². The fourth-order valence-electron chi connectivity index (χ4n) is 2.35. The summed E-state index contributed by atoms with van der Waals surface area (Å²) in [6.45, 7) is 3.36. The fourth-order valence-corrected chi connectivity index (χ4v) is 5.42. The Bertz CT molecular complexity index is 844. The van der Waals surface area contributed by atoms with Crippen molar-refractivity contribution in [2.45, 2.75) is 31.6 Å². The van der Waals surface area contributed by atoms with Gasteiger partial charge in [-0.3, -0.25) is 14.2 Å². The number of hydrogen-bond acceptors (Lipinski definition) is 7. The van der Waals surface area contributed by atoms with Crippen LogP contribution in [-0.2, 0) is 28.4 Å².